The van der Waals surface area contributed by atoms with Gasteiger partial charge in [0.2, 0.25) is 0 Å². The first-order chi connectivity index (χ1) is 19.4. The number of hydrogen-bond acceptors (Lipinski definition) is 9. The highest BCUT2D eigenvalue weighted by molar-refractivity contribution is 7.10. The molecule has 0 radical (unpaired) electrons. The number of rotatable bonds is 8. The van der Waals surface area contributed by atoms with Crippen LogP contribution in [-0.2, 0) is 16.1 Å². The summed E-state index contributed by atoms with van der Waals surface area (Å²) < 4.78 is 19.1. The van der Waals surface area contributed by atoms with Crippen LogP contribution in [0.1, 0.15) is 41.5 Å². The van der Waals surface area contributed by atoms with E-state index >= 15 is 0 Å². The van der Waals surface area contributed by atoms with Crippen LogP contribution in [0.25, 0.3) is 6.08 Å². The van der Waals surface area contributed by atoms with Gasteiger partial charge < -0.3 is 14.2 Å². The minimum atomic E-state index is -0.630. The van der Waals surface area contributed by atoms with Gasteiger partial charge in [0, 0.05) is 10.4 Å². The highest BCUT2D eigenvalue weighted by atomic mass is 32.1. The standard InChI is InChI=1S/C30H25N3O5S2/c1-4-37-29(35)25-18(2)32-30-33(26(25)23-9-6-14-39-23)28(34)24(40-30)15-21-7-5-8-22(36-3)27(21)38-17-20-12-10-19(16-31)11-13-20/h5-15,26H,4,17H2,1-3H3/b24-15-/t26-/m0/s1. The second-order valence-corrected chi connectivity index (χ2v) is 10.8. The first kappa shape index (κ1) is 27.1. The Kier molecular flexibility index (Phi) is 7.96. The topological polar surface area (TPSA) is 103 Å². The minimum absolute atomic E-state index is 0.221. The van der Waals surface area contributed by atoms with Crippen LogP contribution in [0.5, 0.6) is 11.5 Å². The number of benzene rings is 2. The van der Waals surface area contributed by atoms with Gasteiger partial charge in [-0.3, -0.25) is 9.36 Å². The van der Waals surface area contributed by atoms with Crippen molar-refractivity contribution in [2.45, 2.75) is 26.5 Å². The average Bonchev–Trinajstić information content (AvgIpc) is 3.60. The minimum Gasteiger partial charge on any atom is -0.493 e. The molecule has 202 valence electrons. The third-order valence-electron chi connectivity index (χ3n) is 6.31. The maximum Gasteiger partial charge on any atom is 0.338 e. The van der Waals surface area contributed by atoms with Crippen molar-refractivity contribution in [3.63, 3.8) is 0 Å². The summed E-state index contributed by atoms with van der Waals surface area (Å²) in [5.41, 5.74) is 2.73. The fourth-order valence-electron chi connectivity index (χ4n) is 4.44. The number of ether oxygens (including phenoxy) is 3. The summed E-state index contributed by atoms with van der Waals surface area (Å²) >= 11 is 2.72. The Morgan fingerprint density at radius 3 is 2.65 bits per heavy atom. The van der Waals surface area contributed by atoms with Gasteiger partial charge in [0.05, 0.1) is 41.2 Å². The van der Waals surface area contributed by atoms with Gasteiger partial charge in [-0.25, -0.2) is 9.79 Å². The van der Waals surface area contributed by atoms with E-state index in [4.69, 9.17) is 19.5 Å². The molecule has 1 aliphatic heterocycles. The van der Waals surface area contributed by atoms with Crippen molar-refractivity contribution in [2.24, 2.45) is 4.99 Å². The number of hydrogen-bond donors (Lipinski definition) is 0. The molecule has 40 heavy (non-hydrogen) atoms. The van der Waals surface area contributed by atoms with Gasteiger partial charge in [0.1, 0.15) is 12.6 Å². The smallest absolute Gasteiger partial charge is 0.338 e. The molecule has 8 nitrogen and oxygen atoms in total. The van der Waals surface area contributed by atoms with E-state index in [-0.39, 0.29) is 18.8 Å². The predicted molar refractivity (Wildman–Crippen MR) is 153 cm³/mol. The third kappa shape index (κ3) is 5.21. The number of esters is 1. The largest absolute Gasteiger partial charge is 0.493 e. The van der Waals surface area contributed by atoms with Gasteiger partial charge in [0.15, 0.2) is 16.3 Å². The van der Waals surface area contributed by atoms with Crippen LogP contribution in [0.3, 0.4) is 0 Å². The SMILES string of the molecule is CCOC(=O)C1=C(C)N=c2s/c(=C\c3cccc(OC)c3OCc3ccc(C#N)cc3)c(=O)n2[C@H]1c1cccs1. The number of thiazole rings is 1. The molecule has 0 amide bonds. The van der Waals surface area contributed by atoms with E-state index in [1.54, 1.807) is 49.8 Å². The van der Waals surface area contributed by atoms with Gasteiger partial charge >= 0.3 is 5.97 Å². The van der Waals surface area contributed by atoms with Crippen LogP contribution in [0.4, 0.5) is 0 Å². The number of fused-ring (bicyclic) bond motifs is 1. The number of nitrogens with zero attached hydrogens (tertiary/aromatic N) is 3. The van der Waals surface area contributed by atoms with E-state index in [0.29, 0.717) is 43.2 Å². The number of para-hydroxylation sites is 1. The number of nitriles is 1. The zero-order valence-corrected chi connectivity index (χ0v) is 23.7. The molecule has 1 atom stereocenters. The molecule has 2 aromatic heterocycles. The van der Waals surface area contributed by atoms with Crippen molar-refractivity contribution < 1.29 is 19.0 Å². The Balaban J connectivity index is 1.59. The molecular weight excluding hydrogens is 546 g/mol. The van der Waals surface area contributed by atoms with Crippen molar-refractivity contribution >= 4 is 34.7 Å². The maximum absolute atomic E-state index is 13.9. The van der Waals surface area contributed by atoms with Crippen molar-refractivity contribution in [3.05, 3.63) is 113 Å². The number of allylic oxidation sites excluding steroid dienone is 1. The van der Waals surface area contributed by atoms with Gasteiger partial charge in [0.25, 0.3) is 5.56 Å². The van der Waals surface area contributed by atoms with E-state index < -0.39 is 12.0 Å². The van der Waals surface area contributed by atoms with Crippen molar-refractivity contribution in [3.8, 4) is 17.6 Å². The summed E-state index contributed by atoms with van der Waals surface area (Å²) in [4.78, 5) is 32.8. The highest BCUT2D eigenvalue weighted by Gasteiger charge is 2.33. The van der Waals surface area contributed by atoms with E-state index in [9.17, 15) is 9.59 Å². The van der Waals surface area contributed by atoms with Crippen LogP contribution in [0, 0.1) is 11.3 Å². The van der Waals surface area contributed by atoms with Crippen LogP contribution in [-0.4, -0.2) is 24.3 Å². The Bertz CT molecular complexity index is 1810. The lowest BCUT2D eigenvalue weighted by Crippen LogP contribution is -2.39. The molecule has 5 rings (SSSR count). The van der Waals surface area contributed by atoms with Crippen LogP contribution in [0.2, 0.25) is 0 Å². The average molecular weight is 572 g/mol. The molecular formula is C30H25N3O5S2. The van der Waals surface area contributed by atoms with E-state index in [1.165, 1.54) is 22.7 Å². The molecule has 0 unspecified atom stereocenters. The lowest BCUT2D eigenvalue weighted by atomic mass is 10.0. The quantitative estimate of drug-likeness (QED) is 0.292. The molecule has 4 aromatic rings. The zero-order valence-electron chi connectivity index (χ0n) is 22.0. The van der Waals surface area contributed by atoms with E-state index in [2.05, 4.69) is 11.1 Å². The molecule has 1 aliphatic rings. The Hall–Kier alpha value is -4.46. The Labute approximate surface area is 238 Å². The number of aromatic nitrogens is 1. The van der Waals surface area contributed by atoms with E-state index in [0.717, 1.165) is 10.4 Å². The van der Waals surface area contributed by atoms with Crippen LogP contribution in [0.15, 0.2) is 81.0 Å². The molecule has 0 saturated heterocycles. The zero-order chi connectivity index (χ0) is 28.2. The fraction of sp³-hybridized carbons (Fsp3) is 0.200. The second kappa shape index (κ2) is 11.7. The lowest BCUT2D eigenvalue weighted by molar-refractivity contribution is -0.139. The number of carbonyl (C=O) groups excluding carboxylic acids is 1. The van der Waals surface area contributed by atoms with Gasteiger partial charge in [-0.15, -0.1) is 11.3 Å². The van der Waals surface area contributed by atoms with Gasteiger partial charge in [-0.2, -0.15) is 5.26 Å². The first-order valence-corrected chi connectivity index (χ1v) is 14.2. The molecule has 0 N–H and O–H groups in total. The van der Waals surface area contributed by atoms with Crippen molar-refractivity contribution in [1.29, 1.82) is 5.26 Å². The summed E-state index contributed by atoms with van der Waals surface area (Å²) in [5, 5.41) is 11.0. The molecule has 2 aromatic carbocycles. The predicted octanol–water partition coefficient (Wildman–Crippen LogP) is 4.32. The second-order valence-electron chi connectivity index (χ2n) is 8.79. The third-order valence-corrected chi connectivity index (χ3v) is 8.22. The normalized spacial score (nSPS) is 14.8. The summed E-state index contributed by atoms with van der Waals surface area (Å²) in [6, 6.07) is 17.9. The summed E-state index contributed by atoms with van der Waals surface area (Å²) in [5.74, 6) is 0.521. The molecule has 0 saturated carbocycles. The number of carbonyl (C=O) groups is 1. The molecule has 3 heterocycles. The van der Waals surface area contributed by atoms with E-state index in [1.807, 2.05) is 41.8 Å². The lowest BCUT2D eigenvalue weighted by Gasteiger charge is -2.23. The highest BCUT2D eigenvalue weighted by Crippen LogP contribution is 2.34. The fourth-order valence-corrected chi connectivity index (χ4v) is 6.30. The number of methoxy groups -OCH3 is 1. The summed E-state index contributed by atoms with van der Waals surface area (Å²) in [6.07, 6.45) is 1.76. The van der Waals surface area contributed by atoms with Crippen LogP contribution >= 0.6 is 22.7 Å². The molecule has 0 fully saturated rings. The number of thiophene rings is 1. The van der Waals surface area contributed by atoms with Gasteiger partial charge in [-0.1, -0.05) is 41.7 Å². The maximum atomic E-state index is 13.9. The molecule has 0 aliphatic carbocycles. The Morgan fingerprint density at radius 2 is 1.98 bits per heavy atom. The van der Waals surface area contributed by atoms with Crippen LogP contribution < -0.4 is 24.4 Å². The summed E-state index contributed by atoms with van der Waals surface area (Å²) in [7, 11) is 1.56. The molecule has 0 spiro atoms. The Morgan fingerprint density at radius 1 is 1.18 bits per heavy atom. The van der Waals surface area contributed by atoms with Crippen molar-refractivity contribution in [1.82, 2.24) is 4.57 Å². The monoisotopic (exact) mass is 571 g/mol. The van der Waals surface area contributed by atoms with Gasteiger partial charge in [-0.05, 0) is 55.1 Å². The van der Waals surface area contributed by atoms with Crippen molar-refractivity contribution in [2.75, 3.05) is 13.7 Å². The molecule has 0 bridgehead atoms. The first-order valence-electron chi connectivity index (χ1n) is 12.5. The summed E-state index contributed by atoms with van der Waals surface area (Å²) in [6.45, 7) is 3.98. The molecule has 10 heteroatoms.